The Morgan fingerprint density at radius 3 is 2.47 bits per heavy atom. The van der Waals surface area contributed by atoms with E-state index in [0.29, 0.717) is 12.8 Å². The van der Waals surface area contributed by atoms with E-state index in [-0.39, 0.29) is 29.2 Å². The van der Waals surface area contributed by atoms with Crippen molar-refractivity contribution in [3.8, 4) is 0 Å². The number of hydrogen-bond acceptors (Lipinski definition) is 4. The molecule has 0 aromatic heterocycles. The number of anilines is 1. The molecule has 2 rings (SSSR count). The maximum Gasteiger partial charge on any atom is 0.243 e. The normalized spacial score (nSPS) is 18.7. The van der Waals surface area contributed by atoms with Crippen LogP contribution < -0.4 is 5.73 Å². The first-order chi connectivity index (χ1) is 8.82. The lowest BCUT2D eigenvalue weighted by Gasteiger charge is -2.28. The molecule has 1 fully saturated rings. The molecule has 0 amide bonds. The van der Waals surface area contributed by atoms with Crippen molar-refractivity contribution in [2.24, 2.45) is 0 Å². The molecule has 0 aliphatic carbocycles. The monoisotopic (exact) mass is 288 g/mol. The van der Waals surface area contributed by atoms with E-state index in [9.17, 15) is 17.9 Å². The van der Waals surface area contributed by atoms with Crippen LogP contribution >= 0.6 is 0 Å². The molecule has 0 spiro atoms. The minimum absolute atomic E-state index is 0.121. The van der Waals surface area contributed by atoms with Gasteiger partial charge in [0.05, 0.1) is 11.0 Å². The van der Waals surface area contributed by atoms with Gasteiger partial charge in [-0.2, -0.15) is 4.31 Å². The average Bonchev–Trinajstić information content (AvgIpc) is 2.35. The van der Waals surface area contributed by atoms with Crippen molar-refractivity contribution in [2.45, 2.75) is 30.8 Å². The number of sulfonamides is 1. The first kappa shape index (κ1) is 14.2. The number of hydrogen-bond donors (Lipinski definition) is 2. The molecule has 1 aliphatic rings. The van der Waals surface area contributed by atoms with Crippen molar-refractivity contribution in [2.75, 3.05) is 18.8 Å². The summed E-state index contributed by atoms with van der Waals surface area (Å²) in [4.78, 5) is -0.135. The zero-order valence-corrected chi connectivity index (χ0v) is 11.5. The van der Waals surface area contributed by atoms with Crippen LogP contribution in [0.2, 0.25) is 0 Å². The fraction of sp³-hybridized carbons (Fsp3) is 0.500. The summed E-state index contributed by atoms with van der Waals surface area (Å²) in [6.07, 6.45) is 0.317. The lowest BCUT2D eigenvalue weighted by molar-refractivity contribution is 0.113. The molecule has 5 nitrogen and oxygen atoms in total. The van der Waals surface area contributed by atoms with Crippen molar-refractivity contribution < 1.29 is 17.9 Å². The second-order valence-electron chi connectivity index (χ2n) is 4.75. The topological polar surface area (TPSA) is 83.6 Å². The van der Waals surface area contributed by atoms with Crippen molar-refractivity contribution >= 4 is 15.7 Å². The van der Waals surface area contributed by atoms with Crippen molar-refractivity contribution in [1.82, 2.24) is 4.31 Å². The Labute approximate surface area is 111 Å². The van der Waals surface area contributed by atoms with Gasteiger partial charge >= 0.3 is 0 Å². The van der Waals surface area contributed by atoms with E-state index in [0.717, 1.165) is 6.07 Å². The molecule has 0 radical (unpaired) electrons. The Bertz CT molecular complexity index is 558. The van der Waals surface area contributed by atoms with Crippen LogP contribution in [0, 0.1) is 12.7 Å². The van der Waals surface area contributed by atoms with E-state index in [1.165, 1.54) is 17.3 Å². The molecule has 0 bridgehead atoms. The number of halogens is 1. The summed E-state index contributed by atoms with van der Waals surface area (Å²) < 4.78 is 39.5. The summed E-state index contributed by atoms with van der Waals surface area (Å²) in [6.45, 7) is 1.97. The predicted octanol–water partition coefficient (Wildman–Crippen LogP) is 0.862. The van der Waals surface area contributed by atoms with Gasteiger partial charge < -0.3 is 10.8 Å². The third-order valence-corrected chi connectivity index (χ3v) is 5.30. The van der Waals surface area contributed by atoms with Gasteiger partial charge in [-0.25, -0.2) is 12.8 Å². The van der Waals surface area contributed by atoms with Gasteiger partial charge in [-0.3, -0.25) is 0 Å². The van der Waals surface area contributed by atoms with Crippen LogP contribution in [0.4, 0.5) is 10.1 Å². The average molecular weight is 288 g/mol. The number of aliphatic hydroxyl groups excluding tert-OH is 1. The molecular formula is C12H17FN2O3S. The number of nitrogens with zero attached hydrogens (tertiary/aromatic N) is 1. The van der Waals surface area contributed by atoms with Gasteiger partial charge in [0.25, 0.3) is 0 Å². The number of benzene rings is 1. The predicted molar refractivity (Wildman–Crippen MR) is 69.5 cm³/mol. The van der Waals surface area contributed by atoms with Crippen LogP contribution in [0.3, 0.4) is 0 Å². The van der Waals surface area contributed by atoms with Crippen molar-refractivity contribution in [3.63, 3.8) is 0 Å². The number of rotatable bonds is 2. The summed E-state index contributed by atoms with van der Waals surface area (Å²) in [7, 11) is -3.74. The van der Waals surface area contributed by atoms with Crippen LogP contribution in [-0.2, 0) is 10.0 Å². The SMILES string of the molecule is Cc1c(N)cc(S(=O)(=O)N2CCC(O)CC2)cc1F. The molecule has 0 unspecified atom stereocenters. The standard InChI is InChI=1S/C12H17FN2O3S/c1-8-11(13)6-10(7-12(8)14)19(17,18)15-4-2-9(16)3-5-15/h6-7,9,16H,2-5,14H2,1H3. The van der Waals surface area contributed by atoms with Gasteiger partial charge in [-0.05, 0) is 31.9 Å². The third kappa shape index (κ3) is 2.72. The van der Waals surface area contributed by atoms with Crippen molar-refractivity contribution in [3.05, 3.63) is 23.5 Å². The van der Waals surface area contributed by atoms with Gasteiger partial charge in [0.15, 0.2) is 0 Å². The van der Waals surface area contributed by atoms with E-state index >= 15 is 0 Å². The Hall–Kier alpha value is -1.18. The van der Waals surface area contributed by atoms with Crippen LogP contribution in [0.5, 0.6) is 0 Å². The second-order valence-corrected chi connectivity index (χ2v) is 6.69. The largest absolute Gasteiger partial charge is 0.398 e. The van der Waals surface area contributed by atoms with Gasteiger partial charge in [-0.15, -0.1) is 0 Å². The number of nitrogens with two attached hydrogens (primary N) is 1. The highest BCUT2D eigenvalue weighted by atomic mass is 32.2. The summed E-state index contributed by atoms with van der Waals surface area (Å²) in [5, 5.41) is 9.39. The zero-order valence-electron chi connectivity index (χ0n) is 10.6. The molecular weight excluding hydrogens is 271 g/mol. The first-order valence-corrected chi connectivity index (χ1v) is 7.50. The Balaban J connectivity index is 2.35. The van der Waals surface area contributed by atoms with Crippen molar-refractivity contribution in [1.29, 1.82) is 0 Å². The Kier molecular flexibility index (Phi) is 3.80. The summed E-state index contributed by atoms with van der Waals surface area (Å²) >= 11 is 0. The third-order valence-electron chi connectivity index (χ3n) is 3.42. The molecule has 7 heteroatoms. The number of aliphatic hydroxyl groups is 1. The van der Waals surface area contributed by atoms with Crippen LogP contribution in [-0.4, -0.2) is 37.0 Å². The van der Waals surface area contributed by atoms with E-state index in [2.05, 4.69) is 0 Å². The highest BCUT2D eigenvalue weighted by Crippen LogP contribution is 2.25. The summed E-state index contributed by atoms with van der Waals surface area (Å²) in [6, 6.07) is 2.27. The summed E-state index contributed by atoms with van der Waals surface area (Å²) in [5.41, 5.74) is 5.97. The van der Waals surface area contributed by atoms with Crippen LogP contribution in [0.25, 0.3) is 0 Å². The van der Waals surface area contributed by atoms with Crippen LogP contribution in [0.15, 0.2) is 17.0 Å². The molecule has 3 N–H and O–H groups in total. The zero-order chi connectivity index (χ0) is 14.2. The molecule has 1 heterocycles. The maximum atomic E-state index is 13.6. The molecule has 1 aliphatic heterocycles. The maximum absolute atomic E-state index is 13.6. The second kappa shape index (κ2) is 5.07. The molecule has 0 saturated carbocycles. The van der Waals surface area contributed by atoms with E-state index < -0.39 is 21.9 Å². The van der Waals surface area contributed by atoms with Gasteiger partial charge in [0.1, 0.15) is 5.82 Å². The molecule has 106 valence electrons. The number of nitrogen functional groups attached to an aromatic ring is 1. The van der Waals surface area contributed by atoms with E-state index in [1.807, 2.05) is 0 Å². The van der Waals surface area contributed by atoms with E-state index in [1.54, 1.807) is 0 Å². The highest BCUT2D eigenvalue weighted by molar-refractivity contribution is 7.89. The molecule has 1 aromatic rings. The minimum atomic E-state index is -3.74. The fourth-order valence-electron chi connectivity index (χ4n) is 2.05. The first-order valence-electron chi connectivity index (χ1n) is 6.06. The minimum Gasteiger partial charge on any atom is -0.398 e. The highest BCUT2D eigenvalue weighted by Gasteiger charge is 2.29. The lowest BCUT2D eigenvalue weighted by atomic mass is 10.1. The quantitative estimate of drug-likeness (QED) is 0.791. The molecule has 1 aromatic carbocycles. The molecule has 0 atom stereocenters. The fourth-order valence-corrected chi connectivity index (χ4v) is 3.57. The van der Waals surface area contributed by atoms with Gasteiger partial charge in [-0.1, -0.05) is 0 Å². The molecule has 19 heavy (non-hydrogen) atoms. The Morgan fingerprint density at radius 1 is 1.37 bits per heavy atom. The number of piperidine rings is 1. The van der Waals surface area contributed by atoms with Gasteiger partial charge in [0.2, 0.25) is 10.0 Å². The molecule has 1 saturated heterocycles. The van der Waals surface area contributed by atoms with Crippen LogP contribution in [0.1, 0.15) is 18.4 Å². The lowest BCUT2D eigenvalue weighted by Crippen LogP contribution is -2.40. The van der Waals surface area contributed by atoms with Gasteiger partial charge in [0, 0.05) is 24.3 Å². The smallest absolute Gasteiger partial charge is 0.243 e. The summed E-state index contributed by atoms with van der Waals surface area (Å²) in [5.74, 6) is -0.629. The van der Waals surface area contributed by atoms with E-state index in [4.69, 9.17) is 5.73 Å². The Morgan fingerprint density at radius 2 is 1.95 bits per heavy atom.